The van der Waals surface area contributed by atoms with Crippen LogP contribution in [0.4, 0.5) is 0 Å². The molecular weight excluding hydrogens is 701 g/mol. The molecule has 0 amide bonds. The van der Waals surface area contributed by atoms with Crippen LogP contribution < -0.4 is 0 Å². The summed E-state index contributed by atoms with van der Waals surface area (Å²) < 4.78 is 140. The molecule has 0 saturated carbocycles. The van der Waals surface area contributed by atoms with Crippen LogP contribution in [-0.4, -0.2) is 19.5 Å². The summed E-state index contributed by atoms with van der Waals surface area (Å²) in [6, 6.07) is 21.5. The van der Waals surface area contributed by atoms with Crippen LogP contribution in [0.3, 0.4) is 0 Å². The summed E-state index contributed by atoms with van der Waals surface area (Å²) in [7, 11) is 0. The Kier molecular flexibility index (Phi) is 4.49. The normalized spacial score (nSPS) is 15.3. The first kappa shape index (κ1) is 20.7. The number of nitrogens with zero attached hydrogens (tertiary/aromatic N) is 4. The van der Waals surface area contributed by atoms with Gasteiger partial charge in [0.1, 0.15) is 22.3 Å². The first-order valence-corrected chi connectivity index (χ1v) is 17.9. The molecule has 0 unspecified atom stereocenters. The first-order valence-electron chi connectivity index (χ1n) is 24.9. The van der Waals surface area contributed by atoms with Gasteiger partial charge in [-0.2, -0.15) is 9.97 Å². The second-order valence-electron chi connectivity index (χ2n) is 13.3. The Hall–Kier alpha value is -7.83. The minimum absolute atomic E-state index is 0.0511. The van der Waals surface area contributed by atoms with Gasteiger partial charge in [0, 0.05) is 49.5 Å². The molecular formula is C51H30N4O2. The fourth-order valence-electron chi connectivity index (χ4n) is 7.43. The van der Waals surface area contributed by atoms with E-state index in [2.05, 4.69) is 4.98 Å². The monoisotopic (exact) mass is 744 g/mol. The number of hydrogen-bond donors (Lipinski definition) is 0. The Morgan fingerprint density at radius 2 is 1.16 bits per heavy atom. The summed E-state index contributed by atoms with van der Waals surface area (Å²) >= 11 is 0. The van der Waals surface area contributed by atoms with Crippen molar-refractivity contribution in [3.8, 4) is 51.0 Å². The molecule has 0 fully saturated rings. The molecule has 6 nitrogen and oxygen atoms in total. The molecule has 266 valence electrons. The molecule has 0 N–H and O–H groups in total. The number of hydrogen-bond acceptors (Lipinski definition) is 5. The SMILES string of the molecule is [2H]c1c([2H])c([2H])c(-c2nc(-c3ccc4c(c3)oc3cccc(-c5ccccc5)c34)nc(-n3c4c([2H])c([2H])c([2H])c([2H])c4c4c([2H])c5c(oc6c([2H])c([2H])c(-c7ccccc7)c([2H])c65)c([2H])c43)n2)c([2H])c1[2H]. The molecule has 0 aliphatic rings. The van der Waals surface area contributed by atoms with Crippen molar-refractivity contribution >= 4 is 65.7 Å². The largest absolute Gasteiger partial charge is 0.456 e. The molecule has 0 atom stereocenters. The number of furan rings is 2. The van der Waals surface area contributed by atoms with Crippen LogP contribution >= 0.6 is 0 Å². The Morgan fingerprint density at radius 3 is 2.00 bits per heavy atom. The van der Waals surface area contributed by atoms with E-state index in [1.54, 1.807) is 42.5 Å². The molecule has 12 rings (SSSR count). The quantitative estimate of drug-likeness (QED) is 0.175. The molecule has 0 aliphatic heterocycles. The van der Waals surface area contributed by atoms with Gasteiger partial charge in [-0.15, -0.1) is 0 Å². The zero-order chi connectivity index (χ0) is 49.6. The van der Waals surface area contributed by atoms with Gasteiger partial charge in [0.25, 0.3) is 0 Å². The van der Waals surface area contributed by atoms with Gasteiger partial charge in [-0.3, -0.25) is 4.57 Å². The fraction of sp³-hybridized carbons (Fsp3) is 0. The lowest BCUT2D eigenvalue weighted by Gasteiger charge is -2.11. The van der Waals surface area contributed by atoms with Gasteiger partial charge in [-0.25, -0.2) is 4.98 Å². The highest BCUT2D eigenvalue weighted by Gasteiger charge is 2.21. The van der Waals surface area contributed by atoms with Gasteiger partial charge in [0.15, 0.2) is 11.6 Å². The lowest BCUT2D eigenvalue weighted by atomic mass is 9.99. The maximum atomic E-state index is 9.87. The van der Waals surface area contributed by atoms with Crippen LogP contribution in [0.2, 0.25) is 0 Å². The van der Waals surface area contributed by atoms with Gasteiger partial charge in [-0.1, -0.05) is 133 Å². The van der Waals surface area contributed by atoms with Crippen LogP contribution in [0.15, 0.2) is 190 Å². The average molecular weight is 745 g/mol. The highest BCUT2D eigenvalue weighted by atomic mass is 16.3. The van der Waals surface area contributed by atoms with Gasteiger partial charge in [0.2, 0.25) is 5.95 Å². The van der Waals surface area contributed by atoms with Gasteiger partial charge in [-0.05, 0) is 64.6 Å². The second-order valence-corrected chi connectivity index (χ2v) is 13.3. The Bertz CT molecular complexity index is 4320. The van der Waals surface area contributed by atoms with Crippen molar-refractivity contribution in [2.45, 2.75) is 0 Å². The lowest BCUT2D eigenvalue weighted by Crippen LogP contribution is -2.06. The number of rotatable bonds is 5. The summed E-state index contributed by atoms with van der Waals surface area (Å²) in [4.78, 5) is 14.2. The zero-order valence-electron chi connectivity index (χ0n) is 43.3. The number of aromatic nitrogens is 4. The minimum atomic E-state index is -0.679. The van der Waals surface area contributed by atoms with E-state index < -0.39 is 89.8 Å². The fourth-order valence-corrected chi connectivity index (χ4v) is 7.43. The Morgan fingerprint density at radius 1 is 0.421 bits per heavy atom. The van der Waals surface area contributed by atoms with Crippen molar-refractivity contribution in [3.05, 3.63) is 182 Å². The maximum absolute atomic E-state index is 9.87. The Balaban J connectivity index is 1.21. The molecule has 0 bridgehead atoms. The van der Waals surface area contributed by atoms with Gasteiger partial charge in [0.05, 0.1) is 30.2 Å². The zero-order valence-corrected chi connectivity index (χ0v) is 29.3. The van der Waals surface area contributed by atoms with E-state index in [1.807, 2.05) is 54.6 Å². The number of para-hydroxylation sites is 1. The van der Waals surface area contributed by atoms with E-state index >= 15 is 0 Å². The summed E-state index contributed by atoms with van der Waals surface area (Å²) in [6.45, 7) is 0. The second kappa shape index (κ2) is 12.3. The van der Waals surface area contributed by atoms with Crippen molar-refractivity contribution in [3.63, 3.8) is 0 Å². The number of fused-ring (bicyclic) bond motifs is 9. The summed E-state index contributed by atoms with van der Waals surface area (Å²) in [5.74, 6) is -0.983. The van der Waals surface area contributed by atoms with Gasteiger partial charge >= 0.3 is 0 Å². The third-order valence-electron chi connectivity index (χ3n) is 9.99. The van der Waals surface area contributed by atoms with E-state index in [9.17, 15) is 6.85 Å². The molecule has 0 spiro atoms. The van der Waals surface area contributed by atoms with Crippen molar-refractivity contribution < 1.29 is 28.0 Å². The van der Waals surface area contributed by atoms with E-state index in [4.69, 9.17) is 31.1 Å². The van der Waals surface area contributed by atoms with E-state index in [1.165, 1.54) is 0 Å². The molecule has 4 aromatic heterocycles. The molecule has 8 aromatic carbocycles. The highest BCUT2D eigenvalue weighted by molar-refractivity contribution is 6.18. The molecule has 57 heavy (non-hydrogen) atoms. The highest BCUT2D eigenvalue weighted by Crippen LogP contribution is 2.41. The molecule has 6 heteroatoms. The molecule has 4 heterocycles. The third kappa shape index (κ3) is 5.01. The molecule has 0 radical (unpaired) electrons. The van der Waals surface area contributed by atoms with Crippen LogP contribution in [-0.2, 0) is 0 Å². The standard InChI is InChI=1S/C51H30N4O2/c1-4-13-31(14-5-1)34-24-26-44-40(27-34)41-29-39-37-19-10-11-21-42(37)55(43(39)30-47(41)56-44)51-53-49(33-17-8-3-9-18-33)52-50(54-51)35-23-25-38-46(28-35)57-45-22-12-20-36(48(38)45)32-15-6-2-7-16-32/h1-30H/i3D,8D,9D,10D,11D,17D,18D,19D,21D,24D,26D,27D,29D,30D. The summed E-state index contributed by atoms with van der Waals surface area (Å²) in [5, 5.41) is 1.03. The predicted molar refractivity (Wildman–Crippen MR) is 230 cm³/mol. The summed E-state index contributed by atoms with van der Waals surface area (Å²) in [6.07, 6.45) is 0. The third-order valence-corrected chi connectivity index (χ3v) is 9.99. The van der Waals surface area contributed by atoms with Crippen LogP contribution in [0.5, 0.6) is 0 Å². The molecule has 0 saturated heterocycles. The van der Waals surface area contributed by atoms with E-state index in [-0.39, 0.29) is 67.2 Å². The van der Waals surface area contributed by atoms with E-state index in [0.29, 0.717) is 22.3 Å². The molecule has 0 aliphatic carbocycles. The smallest absolute Gasteiger partial charge is 0.238 e. The van der Waals surface area contributed by atoms with Crippen molar-refractivity contribution in [1.29, 1.82) is 0 Å². The maximum Gasteiger partial charge on any atom is 0.238 e. The lowest BCUT2D eigenvalue weighted by molar-refractivity contribution is 0.668. The van der Waals surface area contributed by atoms with Crippen LogP contribution in [0, 0.1) is 0 Å². The van der Waals surface area contributed by atoms with E-state index in [0.717, 1.165) is 26.5 Å². The van der Waals surface area contributed by atoms with Gasteiger partial charge < -0.3 is 8.83 Å². The summed E-state index contributed by atoms with van der Waals surface area (Å²) in [5.41, 5.74) is 2.24. The van der Waals surface area contributed by atoms with Crippen LogP contribution in [0.1, 0.15) is 19.2 Å². The minimum Gasteiger partial charge on any atom is -0.456 e. The average Bonchev–Trinajstić information content (AvgIpc) is 4.09. The predicted octanol–water partition coefficient (Wildman–Crippen LogP) is 13.4. The van der Waals surface area contributed by atoms with Crippen molar-refractivity contribution in [1.82, 2.24) is 19.5 Å². The molecule has 12 aromatic rings. The first-order chi connectivity index (χ1) is 34.1. The number of benzene rings is 8. The van der Waals surface area contributed by atoms with Crippen molar-refractivity contribution in [2.75, 3.05) is 0 Å². The Labute approximate surface area is 345 Å². The van der Waals surface area contributed by atoms with Crippen LogP contribution in [0.25, 0.3) is 117 Å². The topological polar surface area (TPSA) is 69.9 Å². The van der Waals surface area contributed by atoms with Crippen molar-refractivity contribution in [2.24, 2.45) is 0 Å².